The van der Waals surface area contributed by atoms with Crippen LogP contribution in [0.15, 0.2) is 41.4 Å². The van der Waals surface area contributed by atoms with Gasteiger partial charge >= 0.3 is 0 Å². The van der Waals surface area contributed by atoms with Gasteiger partial charge in [-0.1, -0.05) is 9.24 Å². The molecule has 3 rings (SSSR count). The van der Waals surface area contributed by atoms with E-state index in [1.54, 1.807) is 12.1 Å². The van der Waals surface area contributed by atoms with Crippen molar-refractivity contribution < 1.29 is 8.78 Å². The average Bonchev–Trinajstić information content (AvgIpc) is 2.44. The Kier molecular flexibility index (Phi) is 2.71. The van der Waals surface area contributed by atoms with E-state index in [-0.39, 0.29) is 11.6 Å². The first kappa shape index (κ1) is 11.5. The molecule has 2 aromatic carbocycles. The largest absolute Gasteiger partial charge is 0.248 e. The van der Waals surface area contributed by atoms with Crippen molar-refractivity contribution in [1.82, 2.24) is 0 Å². The normalized spacial score (nSPS) is 13.4. The molecular weight excluding hydrogens is 251 g/mol. The molecule has 0 bridgehead atoms. The molecule has 18 heavy (non-hydrogen) atoms. The van der Waals surface area contributed by atoms with Gasteiger partial charge in [0.05, 0.1) is 11.1 Å². The zero-order valence-corrected chi connectivity index (χ0v) is 10.6. The smallest absolute Gasteiger partial charge is 0.123 e. The topological polar surface area (TPSA) is 12.4 Å². The lowest BCUT2D eigenvalue weighted by Gasteiger charge is -2.06. The van der Waals surface area contributed by atoms with Crippen molar-refractivity contribution in [1.29, 1.82) is 0 Å². The van der Waals surface area contributed by atoms with Crippen LogP contribution in [0, 0.1) is 11.6 Å². The third-order valence-electron chi connectivity index (χ3n) is 3.01. The molecule has 1 unspecified atom stereocenters. The van der Waals surface area contributed by atoms with Gasteiger partial charge in [-0.25, -0.2) is 13.8 Å². The summed E-state index contributed by atoms with van der Waals surface area (Å²) in [4.78, 5) is 4.44. The Balaban J connectivity index is 2.23. The van der Waals surface area contributed by atoms with Crippen molar-refractivity contribution in [3.63, 3.8) is 0 Å². The third-order valence-corrected chi connectivity index (χ3v) is 3.45. The predicted molar refractivity (Wildman–Crippen MR) is 71.5 cm³/mol. The van der Waals surface area contributed by atoms with Crippen molar-refractivity contribution >= 4 is 20.4 Å². The van der Waals surface area contributed by atoms with E-state index < -0.39 is 0 Å². The Labute approximate surface area is 106 Å². The summed E-state index contributed by atoms with van der Waals surface area (Å²) in [6, 6.07) is 9.09. The predicted octanol–water partition coefficient (Wildman–Crippen LogP) is 3.82. The van der Waals surface area contributed by atoms with Gasteiger partial charge in [-0.3, -0.25) is 0 Å². The maximum atomic E-state index is 13.3. The molecule has 0 spiro atoms. The van der Waals surface area contributed by atoms with Crippen LogP contribution in [0.4, 0.5) is 14.5 Å². The van der Waals surface area contributed by atoms with Crippen LogP contribution in [-0.2, 0) is 6.42 Å². The summed E-state index contributed by atoms with van der Waals surface area (Å²) < 4.78 is 26.5. The number of nitrogens with zero attached hydrogens (tertiary/aromatic N) is 1. The second-order valence-electron chi connectivity index (χ2n) is 4.25. The summed E-state index contributed by atoms with van der Waals surface area (Å²) in [7, 11) is 2.55. The summed E-state index contributed by atoms with van der Waals surface area (Å²) >= 11 is 0. The number of rotatable bonds is 0. The molecule has 1 nitrogen and oxygen atoms in total. The number of aliphatic imine (C=N–C) groups is 1. The molecule has 4 heteroatoms. The van der Waals surface area contributed by atoms with Crippen LogP contribution in [0.25, 0.3) is 0 Å². The van der Waals surface area contributed by atoms with Gasteiger partial charge < -0.3 is 0 Å². The molecule has 0 aliphatic carbocycles. The number of fused-ring (bicyclic) bond motifs is 2. The van der Waals surface area contributed by atoms with Crippen LogP contribution in [0.1, 0.15) is 16.7 Å². The summed E-state index contributed by atoms with van der Waals surface area (Å²) in [5.74, 6) is -0.583. The summed E-state index contributed by atoms with van der Waals surface area (Å²) in [6.07, 6.45) is 0.488. The van der Waals surface area contributed by atoms with Crippen molar-refractivity contribution in [2.24, 2.45) is 4.99 Å². The van der Waals surface area contributed by atoms with Crippen LogP contribution in [0.2, 0.25) is 0 Å². The van der Waals surface area contributed by atoms with Crippen LogP contribution >= 0.6 is 9.24 Å². The summed E-state index contributed by atoms with van der Waals surface area (Å²) in [5, 5.41) is 0. The number of benzene rings is 2. The standard InChI is InChI=1S/C14H10F2NP/c15-10-1-3-12-8(6-10)5-9-7-11(16)2-4-13(9)17-14(12)18/h1-4,6-7H,5,18H2. The van der Waals surface area contributed by atoms with Crippen molar-refractivity contribution in [3.8, 4) is 0 Å². The third kappa shape index (κ3) is 1.95. The molecule has 2 aromatic rings. The minimum Gasteiger partial charge on any atom is -0.248 e. The molecule has 0 amide bonds. The minimum absolute atomic E-state index is 0.286. The first-order valence-electron chi connectivity index (χ1n) is 5.55. The van der Waals surface area contributed by atoms with Crippen molar-refractivity contribution in [3.05, 3.63) is 64.7 Å². The highest BCUT2D eigenvalue weighted by molar-refractivity contribution is 7.42. The fraction of sp³-hybridized carbons (Fsp3) is 0.0714. The van der Waals surface area contributed by atoms with E-state index in [0.717, 1.165) is 27.8 Å². The van der Waals surface area contributed by atoms with Crippen LogP contribution in [-0.4, -0.2) is 5.45 Å². The maximum absolute atomic E-state index is 13.3. The van der Waals surface area contributed by atoms with Crippen molar-refractivity contribution in [2.75, 3.05) is 0 Å². The van der Waals surface area contributed by atoms with Gasteiger partial charge in [-0.15, -0.1) is 0 Å². The molecular formula is C14H10F2NP. The lowest BCUT2D eigenvalue weighted by molar-refractivity contribution is 0.624. The molecule has 0 aromatic heterocycles. The molecule has 0 fully saturated rings. The molecule has 0 saturated carbocycles. The van der Waals surface area contributed by atoms with Gasteiger partial charge in [-0.2, -0.15) is 0 Å². The van der Waals surface area contributed by atoms with Crippen LogP contribution < -0.4 is 0 Å². The number of hydrogen-bond acceptors (Lipinski definition) is 1. The van der Waals surface area contributed by atoms with E-state index in [9.17, 15) is 8.78 Å². The Hall–Kier alpha value is -1.60. The molecule has 0 radical (unpaired) electrons. The van der Waals surface area contributed by atoms with Gasteiger partial charge in [0.25, 0.3) is 0 Å². The second kappa shape index (κ2) is 4.25. The fourth-order valence-electron chi connectivity index (χ4n) is 2.16. The van der Waals surface area contributed by atoms with E-state index in [1.165, 1.54) is 24.3 Å². The minimum atomic E-state index is -0.297. The first-order chi connectivity index (χ1) is 8.63. The van der Waals surface area contributed by atoms with E-state index in [4.69, 9.17) is 0 Å². The van der Waals surface area contributed by atoms with Crippen LogP contribution in [0.3, 0.4) is 0 Å². The molecule has 90 valence electrons. The van der Waals surface area contributed by atoms with Gasteiger partial charge in [0.15, 0.2) is 0 Å². The molecule has 1 heterocycles. The second-order valence-corrected chi connectivity index (χ2v) is 4.80. The average molecular weight is 261 g/mol. The van der Waals surface area contributed by atoms with Gasteiger partial charge in [0.2, 0.25) is 0 Å². The lowest BCUT2D eigenvalue weighted by atomic mass is 10.0. The highest BCUT2D eigenvalue weighted by Crippen LogP contribution is 2.31. The van der Waals surface area contributed by atoms with E-state index >= 15 is 0 Å². The van der Waals surface area contributed by atoms with E-state index in [0.29, 0.717) is 6.42 Å². The SMILES string of the molecule is Fc1ccc2c(c1)Cc1cc(F)ccc1C(P)=N2. The molecule has 1 atom stereocenters. The molecule has 0 N–H and O–H groups in total. The summed E-state index contributed by atoms with van der Waals surface area (Å²) in [6.45, 7) is 0. The van der Waals surface area contributed by atoms with Crippen molar-refractivity contribution in [2.45, 2.75) is 6.42 Å². The maximum Gasteiger partial charge on any atom is 0.123 e. The number of halogens is 2. The number of hydrogen-bond donors (Lipinski definition) is 0. The highest BCUT2D eigenvalue weighted by atomic mass is 31.0. The molecule has 1 aliphatic heterocycles. The zero-order chi connectivity index (χ0) is 12.7. The Morgan fingerprint density at radius 3 is 2.39 bits per heavy atom. The Morgan fingerprint density at radius 1 is 0.944 bits per heavy atom. The monoisotopic (exact) mass is 261 g/mol. The van der Waals surface area contributed by atoms with Gasteiger partial charge in [0, 0.05) is 12.0 Å². The summed E-state index contributed by atoms with van der Waals surface area (Å²) in [5.41, 5.74) is 3.97. The molecule has 1 aliphatic rings. The zero-order valence-electron chi connectivity index (χ0n) is 9.45. The fourth-order valence-corrected chi connectivity index (χ4v) is 2.58. The Bertz CT molecular complexity index is 665. The first-order valence-corrected chi connectivity index (χ1v) is 6.12. The molecule has 0 saturated heterocycles. The lowest BCUT2D eigenvalue weighted by Crippen LogP contribution is -1.97. The Morgan fingerprint density at radius 2 is 1.61 bits per heavy atom. The van der Waals surface area contributed by atoms with Crippen LogP contribution in [0.5, 0.6) is 0 Å². The quantitative estimate of drug-likeness (QED) is 0.639. The van der Waals surface area contributed by atoms with E-state index in [2.05, 4.69) is 14.2 Å². The van der Waals surface area contributed by atoms with Gasteiger partial charge in [-0.05, 0) is 47.5 Å². The van der Waals surface area contributed by atoms with Gasteiger partial charge in [0.1, 0.15) is 11.6 Å². The highest BCUT2D eigenvalue weighted by Gasteiger charge is 2.15. The van der Waals surface area contributed by atoms with E-state index in [1.807, 2.05) is 0 Å².